The Balaban J connectivity index is 1.78. The van der Waals surface area contributed by atoms with E-state index in [9.17, 15) is 4.79 Å². The summed E-state index contributed by atoms with van der Waals surface area (Å²) < 4.78 is 10.6. The minimum Gasteiger partial charge on any atom is -0.486 e. The maximum atomic E-state index is 11.7. The van der Waals surface area contributed by atoms with E-state index in [4.69, 9.17) is 9.47 Å². The first kappa shape index (κ1) is 16.5. The van der Waals surface area contributed by atoms with E-state index in [1.54, 1.807) is 7.11 Å². The summed E-state index contributed by atoms with van der Waals surface area (Å²) in [6.07, 6.45) is 0.282. The van der Waals surface area contributed by atoms with Gasteiger partial charge in [-0.3, -0.25) is 4.79 Å². The van der Waals surface area contributed by atoms with Gasteiger partial charge in [0.1, 0.15) is 17.4 Å². The molecule has 0 atom stereocenters. The van der Waals surface area contributed by atoms with Crippen molar-refractivity contribution in [3.05, 3.63) is 45.9 Å². The van der Waals surface area contributed by atoms with E-state index in [0.717, 1.165) is 16.5 Å². The topological polar surface area (TPSA) is 60.5 Å². The van der Waals surface area contributed by atoms with Crippen molar-refractivity contribution in [2.75, 3.05) is 20.3 Å². The SMILES string of the molecule is COCCNC(=O)Cc1csc(COc2ccc(C)cc2)n1. The molecule has 0 saturated carbocycles. The standard InChI is InChI=1S/C16H20N2O3S/c1-12-3-5-14(6-4-12)21-10-16-18-13(11-22-16)9-15(19)17-7-8-20-2/h3-6,11H,7-10H2,1-2H3,(H,17,19). The molecule has 0 saturated heterocycles. The predicted molar refractivity (Wildman–Crippen MR) is 86.2 cm³/mol. The van der Waals surface area contributed by atoms with Crippen LogP contribution in [0.2, 0.25) is 0 Å². The number of hydrogen-bond acceptors (Lipinski definition) is 5. The molecule has 0 aliphatic heterocycles. The smallest absolute Gasteiger partial charge is 0.226 e. The quantitative estimate of drug-likeness (QED) is 0.759. The molecule has 0 unspecified atom stereocenters. The number of nitrogens with one attached hydrogen (secondary N) is 1. The Labute approximate surface area is 134 Å². The number of rotatable bonds is 8. The van der Waals surface area contributed by atoms with Crippen LogP contribution in [0.1, 0.15) is 16.3 Å². The normalized spacial score (nSPS) is 10.5. The fourth-order valence-electron chi connectivity index (χ4n) is 1.80. The summed E-state index contributed by atoms with van der Waals surface area (Å²) >= 11 is 1.50. The van der Waals surface area contributed by atoms with Crippen molar-refractivity contribution < 1.29 is 14.3 Å². The Bertz CT molecular complexity index is 596. The van der Waals surface area contributed by atoms with Gasteiger partial charge in [0.25, 0.3) is 0 Å². The molecule has 1 heterocycles. The third-order valence-electron chi connectivity index (χ3n) is 2.95. The highest BCUT2D eigenvalue weighted by Crippen LogP contribution is 2.16. The Morgan fingerprint density at radius 2 is 2.09 bits per heavy atom. The molecule has 2 rings (SSSR count). The second kappa shape index (κ2) is 8.51. The monoisotopic (exact) mass is 320 g/mol. The van der Waals surface area contributed by atoms with Gasteiger partial charge in [0.2, 0.25) is 5.91 Å². The van der Waals surface area contributed by atoms with Crippen molar-refractivity contribution in [3.63, 3.8) is 0 Å². The van der Waals surface area contributed by atoms with Gasteiger partial charge in [0.15, 0.2) is 0 Å². The molecule has 1 amide bonds. The largest absolute Gasteiger partial charge is 0.486 e. The van der Waals surface area contributed by atoms with Crippen LogP contribution in [0.5, 0.6) is 5.75 Å². The first-order valence-corrected chi connectivity index (χ1v) is 7.93. The van der Waals surface area contributed by atoms with Crippen LogP contribution < -0.4 is 10.1 Å². The molecule has 0 fully saturated rings. The van der Waals surface area contributed by atoms with E-state index in [-0.39, 0.29) is 12.3 Å². The van der Waals surface area contributed by atoms with Crippen molar-refractivity contribution in [3.8, 4) is 5.75 Å². The van der Waals surface area contributed by atoms with Gasteiger partial charge in [0.05, 0.1) is 18.7 Å². The van der Waals surface area contributed by atoms with Gasteiger partial charge >= 0.3 is 0 Å². The second-order valence-corrected chi connectivity index (χ2v) is 5.80. The average molecular weight is 320 g/mol. The molecule has 5 nitrogen and oxygen atoms in total. The Morgan fingerprint density at radius 1 is 1.32 bits per heavy atom. The lowest BCUT2D eigenvalue weighted by Gasteiger charge is -2.04. The van der Waals surface area contributed by atoms with Gasteiger partial charge in [-0.25, -0.2) is 4.98 Å². The van der Waals surface area contributed by atoms with E-state index in [1.165, 1.54) is 16.9 Å². The number of carbonyl (C=O) groups excluding carboxylic acids is 1. The third-order valence-corrected chi connectivity index (χ3v) is 3.82. The zero-order chi connectivity index (χ0) is 15.8. The van der Waals surface area contributed by atoms with E-state index < -0.39 is 0 Å². The van der Waals surface area contributed by atoms with Crippen molar-refractivity contribution in [2.24, 2.45) is 0 Å². The molecular weight excluding hydrogens is 300 g/mol. The number of aryl methyl sites for hydroxylation is 1. The Hall–Kier alpha value is -1.92. The molecule has 0 radical (unpaired) electrons. The van der Waals surface area contributed by atoms with Crippen molar-refractivity contribution in [2.45, 2.75) is 20.0 Å². The van der Waals surface area contributed by atoms with Gasteiger partial charge in [-0.2, -0.15) is 0 Å². The summed E-state index contributed by atoms with van der Waals surface area (Å²) in [6.45, 7) is 3.48. The van der Waals surface area contributed by atoms with E-state index in [2.05, 4.69) is 10.3 Å². The number of nitrogens with zero attached hydrogens (tertiary/aromatic N) is 1. The van der Waals surface area contributed by atoms with Crippen LogP contribution in [0, 0.1) is 6.92 Å². The van der Waals surface area contributed by atoms with Crippen LogP contribution in [0.4, 0.5) is 0 Å². The van der Waals surface area contributed by atoms with E-state index in [1.807, 2.05) is 36.6 Å². The van der Waals surface area contributed by atoms with Crippen LogP contribution >= 0.6 is 11.3 Å². The number of aromatic nitrogens is 1. The molecule has 6 heteroatoms. The molecular formula is C16H20N2O3S. The lowest BCUT2D eigenvalue weighted by Crippen LogP contribution is -2.28. The summed E-state index contributed by atoms with van der Waals surface area (Å²) in [5.74, 6) is 0.771. The first-order chi connectivity index (χ1) is 10.7. The average Bonchev–Trinajstić information content (AvgIpc) is 2.94. The van der Waals surface area contributed by atoms with Gasteiger partial charge in [0, 0.05) is 19.0 Å². The lowest BCUT2D eigenvalue weighted by atomic mass is 10.2. The number of hydrogen-bond donors (Lipinski definition) is 1. The highest BCUT2D eigenvalue weighted by Gasteiger charge is 2.08. The van der Waals surface area contributed by atoms with Gasteiger partial charge in [-0.05, 0) is 19.1 Å². The third kappa shape index (κ3) is 5.46. The highest BCUT2D eigenvalue weighted by molar-refractivity contribution is 7.09. The molecule has 0 aliphatic rings. The zero-order valence-electron chi connectivity index (χ0n) is 12.8. The zero-order valence-corrected chi connectivity index (χ0v) is 13.6. The molecule has 0 spiro atoms. The first-order valence-electron chi connectivity index (χ1n) is 7.06. The molecule has 22 heavy (non-hydrogen) atoms. The van der Waals surface area contributed by atoms with Gasteiger partial charge in [-0.1, -0.05) is 17.7 Å². The van der Waals surface area contributed by atoms with E-state index in [0.29, 0.717) is 19.8 Å². The number of thiazole rings is 1. The Morgan fingerprint density at radius 3 is 2.82 bits per heavy atom. The number of benzene rings is 1. The fraction of sp³-hybridized carbons (Fsp3) is 0.375. The molecule has 2 aromatic rings. The molecule has 1 aromatic heterocycles. The van der Waals surface area contributed by atoms with Crippen molar-refractivity contribution in [1.29, 1.82) is 0 Å². The van der Waals surface area contributed by atoms with Gasteiger partial charge < -0.3 is 14.8 Å². The summed E-state index contributed by atoms with van der Waals surface area (Å²) in [6, 6.07) is 7.89. The Kier molecular flexibility index (Phi) is 6.36. The van der Waals surface area contributed by atoms with Crippen LogP contribution in [-0.4, -0.2) is 31.2 Å². The molecule has 0 bridgehead atoms. The molecule has 0 aliphatic carbocycles. The maximum Gasteiger partial charge on any atom is 0.226 e. The highest BCUT2D eigenvalue weighted by atomic mass is 32.1. The molecule has 1 aromatic carbocycles. The van der Waals surface area contributed by atoms with Gasteiger partial charge in [-0.15, -0.1) is 11.3 Å². The number of amides is 1. The summed E-state index contributed by atoms with van der Waals surface area (Å²) in [4.78, 5) is 16.1. The molecule has 1 N–H and O–H groups in total. The van der Waals surface area contributed by atoms with Crippen molar-refractivity contribution >= 4 is 17.2 Å². The predicted octanol–water partition coefficient (Wildman–Crippen LogP) is 2.34. The summed E-state index contributed by atoms with van der Waals surface area (Å²) in [5.41, 5.74) is 1.96. The molecule has 118 valence electrons. The minimum atomic E-state index is -0.0478. The number of ether oxygens (including phenoxy) is 2. The maximum absolute atomic E-state index is 11.7. The van der Waals surface area contributed by atoms with Crippen LogP contribution in [0.3, 0.4) is 0 Å². The number of carbonyl (C=O) groups is 1. The van der Waals surface area contributed by atoms with Crippen LogP contribution in [0.25, 0.3) is 0 Å². The lowest BCUT2D eigenvalue weighted by molar-refractivity contribution is -0.120. The van der Waals surface area contributed by atoms with Crippen molar-refractivity contribution in [1.82, 2.24) is 10.3 Å². The summed E-state index contributed by atoms with van der Waals surface area (Å²) in [5, 5.41) is 5.53. The number of methoxy groups -OCH3 is 1. The summed E-state index contributed by atoms with van der Waals surface area (Å²) in [7, 11) is 1.60. The van der Waals surface area contributed by atoms with E-state index >= 15 is 0 Å². The van der Waals surface area contributed by atoms with Crippen LogP contribution in [-0.2, 0) is 22.6 Å². The minimum absolute atomic E-state index is 0.0478. The van der Waals surface area contributed by atoms with Crippen LogP contribution in [0.15, 0.2) is 29.6 Å². The fourth-order valence-corrected chi connectivity index (χ4v) is 2.50. The second-order valence-electron chi connectivity index (χ2n) is 4.85.